The molecular weight excluding hydrogens is 298 g/mol. The molecule has 0 aliphatic heterocycles. The quantitative estimate of drug-likeness (QED) is 0.544. The SMILES string of the molecule is c1ccc(-c2cccc(C[n+]3ccn(-c4ccccn4)c3)n2)nc1. The Bertz CT molecular complexity index is 932. The lowest BCUT2D eigenvalue weighted by Gasteiger charge is -2.02. The Hall–Kier alpha value is -3.34. The van der Waals surface area contributed by atoms with Crippen LogP contribution in [0.2, 0.25) is 0 Å². The van der Waals surface area contributed by atoms with Crippen LogP contribution in [0, 0.1) is 0 Å². The van der Waals surface area contributed by atoms with Crippen molar-refractivity contribution >= 4 is 0 Å². The Morgan fingerprint density at radius 3 is 2.46 bits per heavy atom. The monoisotopic (exact) mass is 314 g/mol. The van der Waals surface area contributed by atoms with Crippen LogP contribution in [0.25, 0.3) is 17.2 Å². The van der Waals surface area contributed by atoms with Gasteiger partial charge in [-0.2, -0.15) is 4.57 Å². The van der Waals surface area contributed by atoms with Gasteiger partial charge in [0.25, 0.3) is 6.33 Å². The molecule has 0 radical (unpaired) electrons. The molecule has 24 heavy (non-hydrogen) atoms. The number of imidazole rings is 1. The van der Waals surface area contributed by atoms with E-state index in [0.29, 0.717) is 6.54 Å². The van der Waals surface area contributed by atoms with Crippen LogP contribution in [0.5, 0.6) is 0 Å². The molecule has 0 amide bonds. The summed E-state index contributed by atoms with van der Waals surface area (Å²) in [6.45, 7) is 0.695. The van der Waals surface area contributed by atoms with Gasteiger partial charge in [0.05, 0.1) is 17.1 Å². The van der Waals surface area contributed by atoms with Gasteiger partial charge in [-0.15, -0.1) is 0 Å². The third-order valence-electron chi connectivity index (χ3n) is 3.68. The average molecular weight is 314 g/mol. The lowest BCUT2D eigenvalue weighted by Crippen LogP contribution is -2.32. The Kier molecular flexibility index (Phi) is 3.81. The molecular formula is C19H16N5+. The number of nitrogens with zero attached hydrogens (tertiary/aromatic N) is 5. The Morgan fingerprint density at radius 2 is 1.67 bits per heavy atom. The maximum Gasteiger partial charge on any atom is 0.250 e. The fourth-order valence-corrected chi connectivity index (χ4v) is 2.54. The Labute approximate surface area is 139 Å². The second kappa shape index (κ2) is 6.42. The molecule has 0 spiro atoms. The number of rotatable bonds is 4. The third kappa shape index (κ3) is 3.05. The first-order chi connectivity index (χ1) is 11.9. The summed E-state index contributed by atoms with van der Waals surface area (Å²) >= 11 is 0. The minimum absolute atomic E-state index is 0.695. The number of hydrogen-bond acceptors (Lipinski definition) is 3. The predicted octanol–water partition coefficient (Wildman–Crippen LogP) is 2.67. The number of aromatic nitrogens is 5. The van der Waals surface area contributed by atoms with E-state index in [0.717, 1.165) is 22.9 Å². The summed E-state index contributed by atoms with van der Waals surface area (Å²) in [6.07, 6.45) is 9.59. The van der Waals surface area contributed by atoms with E-state index in [1.807, 2.05) is 77.9 Å². The molecule has 0 fully saturated rings. The molecule has 0 aliphatic carbocycles. The minimum atomic E-state index is 0.695. The van der Waals surface area contributed by atoms with Crippen LogP contribution in [0.15, 0.2) is 85.7 Å². The van der Waals surface area contributed by atoms with E-state index in [1.54, 1.807) is 12.4 Å². The van der Waals surface area contributed by atoms with Crippen molar-refractivity contribution in [3.8, 4) is 17.2 Å². The standard InChI is InChI=1S/C19H16N5/c1-3-10-20-17(7-1)18-8-5-6-16(22-18)14-23-12-13-24(15-23)19-9-2-4-11-21-19/h1-13,15H,14H2/q+1. The van der Waals surface area contributed by atoms with E-state index in [-0.39, 0.29) is 0 Å². The van der Waals surface area contributed by atoms with Crippen molar-refractivity contribution in [1.29, 1.82) is 0 Å². The lowest BCUT2D eigenvalue weighted by atomic mass is 10.2. The summed E-state index contributed by atoms with van der Waals surface area (Å²) in [5.41, 5.74) is 2.76. The van der Waals surface area contributed by atoms with Crippen LogP contribution < -0.4 is 4.57 Å². The molecule has 5 heteroatoms. The van der Waals surface area contributed by atoms with Gasteiger partial charge in [0.15, 0.2) is 0 Å². The third-order valence-corrected chi connectivity index (χ3v) is 3.68. The highest BCUT2D eigenvalue weighted by Gasteiger charge is 2.09. The number of pyridine rings is 3. The molecule has 4 aromatic rings. The van der Waals surface area contributed by atoms with Gasteiger partial charge in [-0.1, -0.05) is 18.2 Å². The molecule has 0 saturated heterocycles. The average Bonchev–Trinajstić information content (AvgIpc) is 3.12. The van der Waals surface area contributed by atoms with Gasteiger partial charge in [-0.05, 0) is 30.3 Å². The first kappa shape index (κ1) is 14.3. The summed E-state index contributed by atoms with van der Waals surface area (Å²) < 4.78 is 4.07. The molecule has 0 atom stereocenters. The highest BCUT2D eigenvalue weighted by molar-refractivity contribution is 5.53. The molecule has 0 unspecified atom stereocenters. The van der Waals surface area contributed by atoms with Crippen molar-refractivity contribution < 1.29 is 4.57 Å². The summed E-state index contributed by atoms with van der Waals surface area (Å²) in [5, 5.41) is 0. The fourth-order valence-electron chi connectivity index (χ4n) is 2.54. The van der Waals surface area contributed by atoms with E-state index >= 15 is 0 Å². The van der Waals surface area contributed by atoms with Crippen molar-refractivity contribution in [2.24, 2.45) is 0 Å². The van der Waals surface area contributed by atoms with E-state index in [9.17, 15) is 0 Å². The predicted molar refractivity (Wildman–Crippen MR) is 90.3 cm³/mol. The van der Waals surface area contributed by atoms with Crippen molar-refractivity contribution in [1.82, 2.24) is 19.5 Å². The van der Waals surface area contributed by atoms with E-state index < -0.39 is 0 Å². The van der Waals surface area contributed by atoms with Crippen molar-refractivity contribution in [2.75, 3.05) is 0 Å². The fraction of sp³-hybridized carbons (Fsp3) is 0.0526. The van der Waals surface area contributed by atoms with Gasteiger partial charge in [-0.25, -0.2) is 14.5 Å². The Balaban J connectivity index is 1.57. The van der Waals surface area contributed by atoms with E-state index in [2.05, 4.69) is 14.5 Å². The van der Waals surface area contributed by atoms with Crippen LogP contribution in [0.1, 0.15) is 5.69 Å². The normalized spacial score (nSPS) is 10.7. The molecule has 116 valence electrons. The van der Waals surface area contributed by atoms with Gasteiger partial charge >= 0.3 is 0 Å². The van der Waals surface area contributed by atoms with Crippen LogP contribution in [-0.2, 0) is 6.54 Å². The van der Waals surface area contributed by atoms with E-state index in [4.69, 9.17) is 4.98 Å². The molecule has 0 saturated carbocycles. The van der Waals surface area contributed by atoms with Crippen LogP contribution in [-0.4, -0.2) is 19.5 Å². The topological polar surface area (TPSA) is 47.5 Å². The molecule has 4 aromatic heterocycles. The van der Waals surface area contributed by atoms with Gasteiger partial charge in [0, 0.05) is 18.5 Å². The molecule has 0 N–H and O–H groups in total. The summed E-state index contributed by atoms with van der Waals surface area (Å²) in [6, 6.07) is 17.7. The first-order valence-electron chi connectivity index (χ1n) is 7.74. The Morgan fingerprint density at radius 1 is 0.833 bits per heavy atom. The van der Waals surface area contributed by atoms with Crippen molar-refractivity contribution in [3.63, 3.8) is 0 Å². The highest BCUT2D eigenvalue weighted by Crippen LogP contribution is 2.13. The zero-order valence-corrected chi connectivity index (χ0v) is 13.0. The summed E-state index contributed by atoms with van der Waals surface area (Å²) in [4.78, 5) is 13.4. The van der Waals surface area contributed by atoms with Crippen LogP contribution >= 0.6 is 0 Å². The van der Waals surface area contributed by atoms with Crippen molar-refractivity contribution in [2.45, 2.75) is 6.54 Å². The molecule has 0 aliphatic rings. The van der Waals surface area contributed by atoms with Gasteiger partial charge in [0.1, 0.15) is 18.9 Å². The summed E-state index contributed by atoms with van der Waals surface area (Å²) in [5.74, 6) is 0.895. The van der Waals surface area contributed by atoms with Crippen molar-refractivity contribution in [3.05, 3.63) is 91.4 Å². The maximum absolute atomic E-state index is 4.71. The van der Waals surface area contributed by atoms with Crippen LogP contribution in [0.3, 0.4) is 0 Å². The second-order valence-electron chi connectivity index (χ2n) is 5.41. The van der Waals surface area contributed by atoms with Gasteiger partial charge < -0.3 is 0 Å². The number of hydrogen-bond donors (Lipinski definition) is 0. The maximum atomic E-state index is 4.71. The smallest absolute Gasteiger partial charge is 0.250 e. The lowest BCUT2D eigenvalue weighted by molar-refractivity contribution is -0.688. The zero-order valence-electron chi connectivity index (χ0n) is 13.0. The van der Waals surface area contributed by atoms with E-state index in [1.165, 1.54) is 0 Å². The molecule has 4 rings (SSSR count). The second-order valence-corrected chi connectivity index (χ2v) is 5.41. The molecule has 0 aromatic carbocycles. The summed E-state index contributed by atoms with van der Waals surface area (Å²) in [7, 11) is 0. The van der Waals surface area contributed by atoms with Crippen LogP contribution in [0.4, 0.5) is 0 Å². The molecule has 5 nitrogen and oxygen atoms in total. The highest BCUT2D eigenvalue weighted by atomic mass is 15.1. The molecule has 4 heterocycles. The largest absolute Gasteiger partial charge is 0.255 e. The first-order valence-corrected chi connectivity index (χ1v) is 7.74. The van der Waals surface area contributed by atoms with Gasteiger partial charge in [0.2, 0.25) is 5.82 Å². The zero-order chi connectivity index (χ0) is 16.2. The van der Waals surface area contributed by atoms with Gasteiger partial charge in [-0.3, -0.25) is 4.98 Å². The molecule has 0 bridgehead atoms. The minimum Gasteiger partial charge on any atom is -0.255 e.